The van der Waals surface area contributed by atoms with Gasteiger partial charge in [0.1, 0.15) is 0 Å². The largest absolute Gasteiger partial charge is 0.419 e. The molecule has 1 aliphatic carbocycles. The van der Waals surface area contributed by atoms with Gasteiger partial charge in [-0.3, -0.25) is 4.57 Å². The van der Waals surface area contributed by atoms with Gasteiger partial charge in [-0.05, 0) is 49.3 Å². The summed E-state index contributed by atoms with van der Waals surface area (Å²) in [5, 5.41) is 0. The minimum atomic E-state index is -3.64. The van der Waals surface area contributed by atoms with Crippen molar-refractivity contribution in [3.05, 3.63) is 28.7 Å². The van der Waals surface area contributed by atoms with E-state index in [0.717, 1.165) is 25.7 Å². The lowest BCUT2D eigenvalue weighted by Crippen LogP contribution is -2.57. The van der Waals surface area contributed by atoms with Crippen molar-refractivity contribution in [2.24, 2.45) is 12.5 Å². The summed E-state index contributed by atoms with van der Waals surface area (Å²) in [5.74, 6) is -0.507. The molecule has 2 aromatic rings. The lowest BCUT2D eigenvalue weighted by molar-refractivity contribution is -0.0483. The molecule has 1 aliphatic heterocycles. The molecule has 4 rings (SSSR count). The molecule has 1 spiro atoms. The Kier molecular flexibility index (Phi) is 3.59. The molecule has 0 bridgehead atoms. The fraction of sp³-hybridized carbons (Fsp3) is 0.562. The monoisotopic (exact) mass is 352 g/mol. The first-order chi connectivity index (χ1) is 11.4. The molecule has 24 heavy (non-hydrogen) atoms. The normalized spacial score (nSPS) is 23.5. The third-order valence-corrected chi connectivity index (χ3v) is 7.00. The van der Waals surface area contributed by atoms with Gasteiger partial charge in [-0.1, -0.05) is 0 Å². The van der Waals surface area contributed by atoms with E-state index in [2.05, 4.69) is 4.72 Å². The third kappa shape index (κ3) is 2.40. The number of sulfonamides is 1. The van der Waals surface area contributed by atoms with Crippen LogP contribution in [0.3, 0.4) is 0 Å². The zero-order valence-corrected chi connectivity index (χ0v) is 14.3. The minimum Gasteiger partial charge on any atom is -0.408 e. The van der Waals surface area contributed by atoms with Crippen molar-refractivity contribution in [2.75, 3.05) is 13.2 Å². The molecule has 1 saturated carbocycles. The lowest BCUT2D eigenvalue weighted by Gasteiger charge is -2.51. The molecule has 0 amide bonds. The maximum atomic E-state index is 12.8. The van der Waals surface area contributed by atoms with E-state index in [1.165, 1.54) is 22.8 Å². The van der Waals surface area contributed by atoms with E-state index >= 15 is 0 Å². The summed E-state index contributed by atoms with van der Waals surface area (Å²) < 4.78 is 40.1. The number of oxazole rings is 1. The topological polar surface area (TPSA) is 90.5 Å². The highest BCUT2D eigenvalue weighted by Gasteiger charge is 2.48. The fourth-order valence-corrected chi connectivity index (χ4v) is 5.18. The van der Waals surface area contributed by atoms with Crippen LogP contribution in [0.2, 0.25) is 0 Å². The Labute approximate surface area is 139 Å². The van der Waals surface area contributed by atoms with Crippen LogP contribution in [0.4, 0.5) is 0 Å². The summed E-state index contributed by atoms with van der Waals surface area (Å²) >= 11 is 0. The molecule has 0 radical (unpaired) electrons. The summed E-state index contributed by atoms with van der Waals surface area (Å²) in [6.45, 7) is 1.39. The summed E-state index contributed by atoms with van der Waals surface area (Å²) in [6, 6.07) is 4.44. The first-order valence-electron chi connectivity index (χ1n) is 8.11. The van der Waals surface area contributed by atoms with Crippen LogP contribution in [0.1, 0.15) is 25.7 Å². The Morgan fingerprint density at radius 2 is 2.00 bits per heavy atom. The second-order valence-corrected chi connectivity index (χ2v) is 8.46. The smallest absolute Gasteiger partial charge is 0.408 e. The molecule has 2 aliphatic rings. The van der Waals surface area contributed by atoms with Crippen molar-refractivity contribution < 1.29 is 17.6 Å². The summed E-state index contributed by atoms with van der Waals surface area (Å²) in [4.78, 5) is 11.7. The highest BCUT2D eigenvalue weighted by Crippen LogP contribution is 2.49. The van der Waals surface area contributed by atoms with Crippen molar-refractivity contribution in [3.63, 3.8) is 0 Å². The van der Waals surface area contributed by atoms with Crippen LogP contribution in [0.25, 0.3) is 11.1 Å². The maximum absolute atomic E-state index is 12.8. The van der Waals surface area contributed by atoms with Crippen molar-refractivity contribution >= 4 is 21.1 Å². The standard InChI is InChI=1S/C16H20N2O5S/c1-18-12-10-11(2-3-13(12)23-15(18)19)24(20,21)17-14-4-5-16(14)6-8-22-9-7-16/h2-3,10,14,17H,4-9H2,1H3. The molecule has 1 unspecified atom stereocenters. The van der Waals surface area contributed by atoms with Gasteiger partial charge in [0.25, 0.3) is 0 Å². The zero-order chi connectivity index (χ0) is 16.9. The molecule has 2 fully saturated rings. The fourth-order valence-electron chi connectivity index (χ4n) is 3.79. The van der Waals surface area contributed by atoms with Crippen molar-refractivity contribution in [3.8, 4) is 0 Å². The molecule has 1 aromatic carbocycles. The molecule has 1 N–H and O–H groups in total. The van der Waals surface area contributed by atoms with Crippen LogP contribution >= 0.6 is 0 Å². The van der Waals surface area contributed by atoms with Gasteiger partial charge in [-0.15, -0.1) is 0 Å². The van der Waals surface area contributed by atoms with E-state index in [9.17, 15) is 13.2 Å². The number of fused-ring (bicyclic) bond motifs is 1. The number of hydrogen-bond donors (Lipinski definition) is 1. The Bertz CT molecular complexity index is 937. The Morgan fingerprint density at radius 3 is 2.67 bits per heavy atom. The zero-order valence-electron chi connectivity index (χ0n) is 13.4. The minimum absolute atomic E-state index is 0.0396. The van der Waals surface area contributed by atoms with Gasteiger partial charge in [0.05, 0.1) is 10.4 Å². The van der Waals surface area contributed by atoms with Gasteiger partial charge < -0.3 is 9.15 Å². The van der Waals surface area contributed by atoms with Crippen molar-refractivity contribution in [1.29, 1.82) is 0 Å². The van der Waals surface area contributed by atoms with Gasteiger partial charge in [0, 0.05) is 26.3 Å². The van der Waals surface area contributed by atoms with Crippen LogP contribution in [0.15, 0.2) is 32.3 Å². The number of nitrogens with one attached hydrogen (secondary N) is 1. The van der Waals surface area contributed by atoms with E-state index in [4.69, 9.17) is 9.15 Å². The quantitative estimate of drug-likeness (QED) is 0.901. The second kappa shape index (κ2) is 5.44. The van der Waals surface area contributed by atoms with Crippen molar-refractivity contribution in [2.45, 2.75) is 36.6 Å². The first-order valence-corrected chi connectivity index (χ1v) is 9.59. The van der Waals surface area contributed by atoms with Gasteiger partial charge in [0.2, 0.25) is 10.0 Å². The van der Waals surface area contributed by atoms with E-state index in [-0.39, 0.29) is 16.4 Å². The predicted molar refractivity (Wildman–Crippen MR) is 87.3 cm³/mol. The molecule has 1 aromatic heterocycles. The average Bonchev–Trinajstić information content (AvgIpc) is 2.87. The SMILES string of the molecule is Cn1c(=O)oc2ccc(S(=O)(=O)NC3CCC34CCOCC4)cc21. The highest BCUT2D eigenvalue weighted by molar-refractivity contribution is 7.89. The van der Waals surface area contributed by atoms with Crippen LogP contribution in [-0.4, -0.2) is 32.2 Å². The summed E-state index contributed by atoms with van der Waals surface area (Å²) in [5.41, 5.74) is 0.890. The molecular weight excluding hydrogens is 332 g/mol. The van der Waals surface area contributed by atoms with Gasteiger partial charge in [-0.25, -0.2) is 17.9 Å². The Morgan fingerprint density at radius 1 is 1.25 bits per heavy atom. The van der Waals surface area contributed by atoms with Crippen LogP contribution in [0, 0.1) is 5.41 Å². The second-order valence-electron chi connectivity index (χ2n) is 6.74. The number of rotatable bonds is 3. The Hall–Kier alpha value is -1.64. The summed E-state index contributed by atoms with van der Waals surface area (Å²) in [7, 11) is -2.09. The molecule has 1 atom stereocenters. The number of aromatic nitrogens is 1. The molecule has 2 heterocycles. The molecule has 130 valence electrons. The van der Waals surface area contributed by atoms with E-state index in [1.807, 2.05) is 0 Å². The number of aryl methyl sites for hydroxylation is 1. The highest BCUT2D eigenvalue weighted by atomic mass is 32.2. The number of benzene rings is 1. The predicted octanol–water partition coefficient (Wildman–Crippen LogP) is 1.37. The van der Waals surface area contributed by atoms with Crippen molar-refractivity contribution in [1.82, 2.24) is 9.29 Å². The van der Waals surface area contributed by atoms with Gasteiger partial charge >= 0.3 is 5.76 Å². The van der Waals surface area contributed by atoms with E-state index in [1.54, 1.807) is 7.05 Å². The first kappa shape index (κ1) is 15.9. The summed E-state index contributed by atoms with van der Waals surface area (Å²) in [6.07, 6.45) is 3.69. The molecule has 8 heteroatoms. The molecular formula is C16H20N2O5S. The third-order valence-electron chi connectivity index (χ3n) is 5.53. The number of hydrogen-bond acceptors (Lipinski definition) is 5. The average molecular weight is 352 g/mol. The number of ether oxygens (including phenoxy) is 1. The van der Waals surface area contributed by atoms with Crippen LogP contribution in [0.5, 0.6) is 0 Å². The Balaban J connectivity index is 1.63. The molecule has 1 saturated heterocycles. The van der Waals surface area contributed by atoms with Gasteiger partial charge in [0.15, 0.2) is 5.58 Å². The van der Waals surface area contributed by atoms with Crippen LogP contribution in [-0.2, 0) is 21.8 Å². The lowest BCUT2D eigenvalue weighted by atomic mass is 9.60. The molecule has 7 nitrogen and oxygen atoms in total. The van der Waals surface area contributed by atoms with E-state index in [0.29, 0.717) is 24.3 Å². The number of nitrogens with zero attached hydrogens (tertiary/aromatic N) is 1. The van der Waals surface area contributed by atoms with Crippen LogP contribution < -0.4 is 10.5 Å². The maximum Gasteiger partial charge on any atom is 0.419 e. The van der Waals surface area contributed by atoms with E-state index < -0.39 is 15.8 Å². The van der Waals surface area contributed by atoms with Gasteiger partial charge in [-0.2, -0.15) is 0 Å².